The second kappa shape index (κ2) is 5.11. The van der Waals surface area contributed by atoms with Gasteiger partial charge in [-0.25, -0.2) is 0 Å². The molecular weight excluding hydrogens is 280 g/mol. The number of carbonyl (C=O) groups excluding carboxylic acids is 1. The number of para-hydroxylation sites is 1. The van der Waals surface area contributed by atoms with Crippen LogP contribution in [0, 0.1) is 11.3 Å². The average molecular weight is 300 g/mol. The second-order valence-corrected chi connectivity index (χ2v) is 6.51. The van der Waals surface area contributed by atoms with E-state index in [1.165, 1.54) is 0 Å². The summed E-state index contributed by atoms with van der Waals surface area (Å²) in [6.07, 6.45) is 1.96. The molecule has 0 spiro atoms. The van der Waals surface area contributed by atoms with E-state index in [1.807, 2.05) is 39.9 Å². The molecule has 22 heavy (non-hydrogen) atoms. The predicted octanol–water partition coefficient (Wildman–Crippen LogP) is 1.11. The Hall–Kier alpha value is -1.85. The van der Waals surface area contributed by atoms with Crippen molar-refractivity contribution in [3.05, 3.63) is 36.5 Å². The van der Waals surface area contributed by atoms with Crippen molar-refractivity contribution in [1.82, 2.24) is 9.47 Å². The Morgan fingerprint density at radius 3 is 3.05 bits per heavy atom. The lowest BCUT2D eigenvalue weighted by Crippen LogP contribution is -2.37. The van der Waals surface area contributed by atoms with Gasteiger partial charge in [-0.3, -0.25) is 4.79 Å². The molecule has 0 bridgehead atoms. The minimum Gasteiger partial charge on any atom is -0.396 e. The van der Waals surface area contributed by atoms with E-state index in [2.05, 4.69) is 6.07 Å². The molecule has 0 aliphatic carbocycles. The van der Waals surface area contributed by atoms with Crippen molar-refractivity contribution in [2.75, 3.05) is 32.9 Å². The van der Waals surface area contributed by atoms with E-state index in [0.717, 1.165) is 10.9 Å². The van der Waals surface area contributed by atoms with E-state index < -0.39 is 0 Å². The lowest BCUT2D eigenvalue weighted by Gasteiger charge is -2.24. The Morgan fingerprint density at radius 2 is 2.23 bits per heavy atom. The number of amides is 1. The Kier molecular flexibility index (Phi) is 3.20. The Balaban J connectivity index is 1.51. The Labute approximate surface area is 129 Å². The van der Waals surface area contributed by atoms with Crippen LogP contribution in [0.2, 0.25) is 0 Å². The van der Waals surface area contributed by atoms with Gasteiger partial charge in [0.05, 0.1) is 19.8 Å². The topological polar surface area (TPSA) is 54.7 Å². The van der Waals surface area contributed by atoms with Gasteiger partial charge in [0.25, 0.3) is 0 Å². The van der Waals surface area contributed by atoms with Gasteiger partial charge in [0.1, 0.15) is 6.54 Å². The molecule has 4 rings (SSSR count). The van der Waals surface area contributed by atoms with Gasteiger partial charge in [0, 0.05) is 36.1 Å². The summed E-state index contributed by atoms with van der Waals surface area (Å²) in [5.74, 6) is 0.381. The Bertz CT molecular complexity index is 711. The number of ether oxygens (including phenoxy) is 1. The van der Waals surface area contributed by atoms with E-state index in [9.17, 15) is 9.90 Å². The Morgan fingerprint density at radius 1 is 1.36 bits per heavy atom. The molecule has 0 radical (unpaired) electrons. The average Bonchev–Trinajstić information content (AvgIpc) is 3.19. The lowest BCUT2D eigenvalue weighted by molar-refractivity contribution is -0.131. The van der Waals surface area contributed by atoms with Crippen LogP contribution in [0.5, 0.6) is 0 Å². The van der Waals surface area contributed by atoms with E-state index in [-0.39, 0.29) is 23.8 Å². The maximum atomic E-state index is 12.6. The predicted molar refractivity (Wildman–Crippen MR) is 82.3 cm³/mol. The highest BCUT2D eigenvalue weighted by molar-refractivity contribution is 5.83. The second-order valence-electron chi connectivity index (χ2n) is 6.51. The van der Waals surface area contributed by atoms with Gasteiger partial charge < -0.3 is 19.3 Å². The number of aliphatic hydroxyl groups is 1. The number of carbonyl (C=O) groups is 1. The maximum absolute atomic E-state index is 12.6. The number of aromatic nitrogens is 1. The van der Waals surface area contributed by atoms with Crippen LogP contribution >= 0.6 is 0 Å². The molecule has 1 aromatic heterocycles. The molecular formula is C17H20N2O3. The van der Waals surface area contributed by atoms with Crippen molar-refractivity contribution >= 4 is 16.8 Å². The van der Waals surface area contributed by atoms with Crippen molar-refractivity contribution < 1.29 is 14.6 Å². The first-order chi connectivity index (χ1) is 10.7. The molecule has 1 N–H and O–H groups in total. The van der Waals surface area contributed by atoms with E-state index in [4.69, 9.17) is 4.74 Å². The lowest BCUT2D eigenvalue weighted by atomic mass is 9.82. The van der Waals surface area contributed by atoms with Crippen LogP contribution in [-0.4, -0.2) is 53.4 Å². The van der Waals surface area contributed by atoms with Crippen LogP contribution in [0.1, 0.15) is 0 Å². The third kappa shape index (κ3) is 2.04. The highest BCUT2D eigenvalue weighted by Gasteiger charge is 2.51. The summed E-state index contributed by atoms with van der Waals surface area (Å²) in [6.45, 7) is 2.95. The van der Waals surface area contributed by atoms with E-state index in [1.54, 1.807) is 0 Å². The van der Waals surface area contributed by atoms with Crippen molar-refractivity contribution in [3.63, 3.8) is 0 Å². The summed E-state index contributed by atoms with van der Waals surface area (Å²) >= 11 is 0. The summed E-state index contributed by atoms with van der Waals surface area (Å²) in [5.41, 5.74) is 0.837. The molecule has 3 heterocycles. The summed E-state index contributed by atoms with van der Waals surface area (Å²) in [7, 11) is 0. The highest BCUT2D eigenvalue weighted by Crippen LogP contribution is 2.40. The molecule has 0 unspecified atom stereocenters. The van der Waals surface area contributed by atoms with Gasteiger partial charge in [-0.05, 0) is 17.5 Å². The highest BCUT2D eigenvalue weighted by atomic mass is 16.5. The molecule has 5 nitrogen and oxygen atoms in total. The third-order valence-corrected chi connectivity index (χ3v) is 5.17. The zero-order valence-corrected chi connectivity index (χ0v) is 12.4. The first-order valence-electron chi connectivity index (χ1n) is 7.72. The molecule has 116 valence electrons. The quantitative estimate of drug-likeness (QED) is 0.924. The van der Waals surface area contributed by atoms with Crippen molar-refractivity contribution in [2.45, 2.75) is 6.54 Å². The number of benzene rings is 1. The van der Waals surface area contributed by atoms with Crippen molar-refractivity contribution in [3.8, 4) is 0 Å². The third-order valence-electron chi connectivity index (χ3n) is 5.17. The summed E-state index contributed by atoms with van der Waals surface area (Å²) in [5, 5.41) is 10.8. The fraction of sp³-hybridized carbons (Fsp3) is 0.471. The molecule has 2 atom stereocenters. The largest absolute Gasteiger partial charge is 0.396 e. The van der Waals surface area contributed by atoms with Crippen LogP contribution in [-0.2, 0) is 16.1 Å². The molecule has 0 saturated carbocycles. The van der Waals surface area contributed by atoms with E-state index >= 15 is 0 Å². The number of rotatable bonds is 3. The fourth-order valence-corrected chi connectivity index (χ4v) is 3.77. The number of likely N-dealkylation sites (tertiary alicyclic amines) is 1. The van der Waals surface area contributed by atoms with E-state index in [0.29, 0.717) is 32.8 Å². The molecule has 1 aromatic carbocycles. The monoisotopic (exact) mass is 300 g/mol. The van der Waals surface area contributed by atoms with Gasteiger partial charge in [-0.15, -0.1) is 0 Å². The summed E-state index contributed by atoms with van der Waals surface area (Å²) in [6, 6.07) is 10.1. The molecule has 2 aliphatic heterocycles. The number of nitrogens with zero attached hydrogens (tertiary/aromatic N) is 2. The van der Waals surface area contributed by atoms with Gasteiger partial charge in [0.2, 0.25) is 5.91 Å². The zero-order valence-electron chi connectivity index (χ0n) is 12.4. The number of hydrogen-bond acceptors (Lipinski definition) is 3. The van der Waals surface area contributed by atoms with Crippen molar-refractivity contribution in [2.24, 2.45) is 11.3 Å². The molecule has 5 heteroatoms. The fourth-order valence-electron chi connectivity index (χ4n) is 3.77. The normalized spacial score (nSPS) is 27.5. The van der Waals surface area contributed by atoms with Crippen LogP contribution in [0.15, 0.2) is 36.5 Å². The summed E-state index contributed by atoms with van der Waals surface area (Å²) < 4.78 is 7.49. The van der Waals surface area contributed by atoms with Gasteiger partial charge in [-0.1, -0.05) is 18.2 Å². The minimum absolute atomic E-state index is 0.0912. The smallest absolute Gasteiger partial charge is 0.242 e. The summed E-state index contributed by atoms with van der Waals surface area (Å²) in [4.78, 5) is 14.5. The molecule has 2 saturated heterocycles. The van der Waals surface area contributed by atoms with Gasteiger partial charge in [0.15, 0.2) is 0 Å². The molecule has 2 aromatic rings. The number of hydrogen-bond donors (Lipinski definition) is 1. The van der Waals surface area contributed by atoms with Crippen LogP contribution in [0.4, 0.5) is 0 Å². The first kappa shape index (κ1) is 13.8. The first-order valence-corrected chi connectivity index (χ1v) is 7.72. The van der Waals surface area contributed by atoms with Crippen LogP contribution in [0.3, 0.4) is 0 Å². The van der Waals surface area contributed by atoms with Crippen molar-refractivity contribution in [1.29, 1.82) is 0 Å². The zero-order chi connectivity index (χ0) is 15.2. The molecule has 2 fully saturated rings. The molecule has 1 amide bonds. The maximum Gasteiger partial charge on any atom is 0.242 e. The minimum atomic E-state index is -0.242. The number of aliphatic hydroxyl groups excluding tert-OH is 1. The number of fused-ring (bicyclic) bond motifs is 2. The standard InChI is InChI=1S/C17H20N2O3/c20-11-17-10-19(7-14(17)9-22-12-17)16(21)8-18-6-5-13-3-1-2-4-15(13)18/h1-6,14,20H,7-12H2/t14-,17-/m0/s1. The van der Waals surface area contributed by atoms with Gasteiger partial charge in [-0.2, -0.15) is 0 Å². The molecule has 2 aliphatic rings. The van der Waals surface area contributed by atoms with Gasteiger partial charge >= 0.3 is 0 Å². The van der Waals surface area contributed by atoms with Crippen LogP contribution in [0.25, 0.3) is 10.9 Å². The van der Waals surface area contributed by atoms with Crippen LogP contribution < -0.4 is 0 Å². The SMILES string of the molecule is O=C(Cn1ccc2ccccc21)N1C[C@H]2COC[C@@]2(CO)C1.